The van der Waals surface area contributed by atoms with Crippen LogP contribution < -0.4 is 5.56 Å². The number of halogens is 1. The van der Waals surface area contributed by atoms with Crippen LogP contribution in [0.25, 0.3) is 0 Å². The summed E-state index contributed by atoms with van der Waals surface area (Å²) < 4.78 is 13.6. The van der Waals surface area contributed by atoms with Gasteiger partial charge in [0.25, 0.3) is 11.5 Å². The van der Waals surface area contributed by atoms with E-state index in [2.05, 4.69) is 4.98 Å². The van der Waals surface area contributed by atoms with E-state index in [1.165, 1.54) is 12.1 Å². The molecule has 25 heavy (non-hydrogen) atoms. The van der Waals surface area contributed by atoms with Crippen LogP contribution in [0.5, 0.6) is 0 Å². The number of H-pyrrole nitrogens is 1. The van der Waals surface area contributed by atoms with Crippen LogP contribution in [-0.4, -0.2) is 22.3 Å². The maximum Gasteiger partial charge on any atom is 0.261 e. The molecule has 2 heterocycles. The van der Waals surface area contributed by atoms with Crippen molar-refractivity contribution in [1.29, 1.82) is 0 Å². The fraction of sp³-hybridized carbons (Fsp3) is 0.400. The van der Waals surface area contributed by atoms with Crippen molar-refractivity contribution in [2.75, 3.05) is 6.54 Å². The highest BCUT2D eigenvalue weighted by Crippen LogP contribution is 2.32. The Bertz CT molecular complexity index is 874. The molecule has 1 fully saturated rings. The number of aromatic nitrogens is 1. The fourth-order valence-electron chi connectivity index (χ4n) is 4.06. The molecule has 1 atom stereocenters. The highest BCUT2D eigenvalue weighted by atomic mass is 19.1. The number of aryl methyl sites for hydroxylation is 2. The quantitative estimate of drug-likeness (QED) is 0.911. The zero-order valence-corrected chi connectivity index (χ0v) is 14.1. The van der Waals surface area contributed by atoms with Gasteiger partial charge in [-0.2, -0.15) is 0 Å². The van der Waals surface area contributed by atoms with E-state index in [1.54, 1.807) is 17.0 Å². The lowest BCUT2D eigenvalue weighted by atomic mass is 9.94. The molecule has 1 aliphatic carbocycles. The molecule has 2 aliphatic rings. The summed E-state index contributed by atoms with van der Waals surface area (Å²) in [4.78, 5) is 30.1. The number of amides is 1. The zero-order valence-electron chi connectivity index (χ0n) is 14.1. The molecule has 1 aromatic carbocycles. The summed E-state index contributed by atoms with van der Waals surface area (Å²) in [5.41, 5.74) is 2.73. The van der Waals surface area contributed by atoms with Gasteiger partial charge in [0.2, 0.25) is 0 Å². The highest BCUT2D eigenvalue weighted by Gasteiger charge is 2.31. The third kappa shape index (κ3) is 2.99. The average molecular weight is 340 g/mol. The van der Waals surface area contributed by atoms with E-state index < -0.39 is 0 Å². The second-order valence-electron chi connectivity index (χ2n) is 6.93. The maximum absolute atomic E-state index is 13.6. The first-order chi connectivity index (χ1) is 12.1. The number of piperidine rings is 1. The van der Waals surface area contributed by atoms with Crippen LogP contribution in [0.2, 0.25) is 0 Å². The number of nitrogens with zero attached hydrogens (tertiary/aromatic N) is 1. The molecule has 1 aromatic heterocycles. The van der Waals surface area contributed by atoms with Gasteiger partial charge in [0.05, 0.1) is 6.04 Å². The predicted octanol–water partition coefficient (Wildman–Crippen LogP) is 3.37. The molecule has 1 saturated heterocycles. The number of pyridine rings is 1. The van der Waals surface area contributed by atoms with Gasteiger partial charge in [-0.05, 0) is 67.9 Å². The summed E-state index contributed by atoms with van der Waals surface area (Å²) in [7, 11) is 0. The molecule has 5 heteroatoms. The highest BCUT2D eigenvalue weighted by molar-refractivity contribution is 5.94. The van der Waals surface area contributed by atoms with Gasteiger partial charge in [0, 0.05) is 12.2 Å². The molecule has 1 amide bonds. The molecule has 1 aliphatic heterocycles. The lowest BCUT2D eigenvalue weighted by Crippen LogP contribution is -2.40. The molecule has 1 N–H and O–H groups in total. The minimum Gasteiger partial charge on any atom is -0.331 e. The number of benzene rings is 1. The van der Waals surface area contributed by atoms with Crippen LogP contribution in [0.1, 0.15) is 58.9 Å². The monoisotopic (exact) mass is 340 g/mol. The Morgan fingerprint density at radius 2 is 2.04 bits per heavy atom. The normalized spacial score (nSPS) is 19.7. The first kappa shape index (κ1) is 16.1. The molecular formula is C20H21FN2O2. The Labute approximate surface area is 145 Å². The molecule has 0 unspecified atom stereocenters. The van der Waals surface area contributed by atoms with E-state index in [1.807, 2.05) is 6.07 Å². The SMILES string of the molecule is O=C(c1cc2c([nH]c1=O)CCC2)N1CCCC[C@@H]1c1cccc(F)c1. The summed E-state index contributed by atoms with van der Waals surface area (Å²) in [6, 6.07) is 8.01. The van der Waals surface area contributed by atoms with Crippen molar-refractivity contribution in [2.45, 2.75) is 44.6 Å². The van der Waals surface area contributed by atoms with E-state index in [0.29, 0.717) is 6.54 Å². The van der Waals surface area contributed by atoms with Crippen molar-refractivity contribution < 1.29 is 9.18 Å². The second kappa shape index (κ2) is 6.47. The van der Waals surface area contributed by atoms with Gasteiger partial charge in [-0.25, -0.2) is 4.39 Å². The number of aromatic amines is 1. The summed E-state index contributed by atoms with van der Waals surface area (Å²) >= 11 is 0. The van der Waals surface area contributed by atoms with Crippen LogP contribution in [0.3, 0.4) is 0 Å². The Morgan fingerprint density at radius 1 is 1.16 bits per heavy atom. The zero-order chi connectivity index (χ0) is 17.4. The van der Waals surface area contributed by atoms with Gasteiger partial charge in [0.15, 0.2) is 0 Å². The Morgan fingerprint density at radius 3 is 2.88 bits per heavy atom. The first-order valence-electron chi connectivity index (χ1n) is 8.95. The van der Waals surface area contributed by atoms with Crippen molar-refractivity contribution >= 4 is 5.91 Å². The minimum absolute atomic E-state index is 0.176. The summed E-state index contributed by atoms with van der Waals surface area (Å²) in [6.45, 7) is 0.594. The Hall–Kier alpha value is -2.43. The Kier molecular flexibility index (Phi) is 4.15. The standard InChI is InChI=1S/C20H21FN2O2/c21-15-7-3-6-14(11-15)18-9-1-2-10-23(18)20(25)16-12-13-5-4-8-17(13)22-19(16)24/h3,6-7,11-12,18H,1-2,4-5,8-10H2,(H,22,24)/t18-/m1/s1. The van der Waals surface area contributed by atoms with Gasteiger partial charge in [-0.3, -0.25) is 9.59 Å². The van der Waals surface area contributed by atoms with E-state index in [4.69, 9.17) is 0 Å². The van der Waals surface area contributed by atoms with E-state index in [9.17, 15) is 14.0 Å². The van der Waals surface area contributed by atoms with Crippen molar-refractivity contribution in [3.8, 4) is 0 Å². The molecule has 2 aromatic rings. The topological polar surface area (TPSA) is 53.2 Å². The number of carbonyl (C=O) groups is 1. The number of likely N-dealkylation sites (tertiary alicyclic amines) is 1. The van der Waals surface area contributed by atoms with Crippen molar-refractivity contribution in [2.24, 2.45) is 0 Å². The lowest BCUT2D eigenvalue weighted by Gasteiger charge is -2.36. The van der Waals surface area contributed by atoms with Crippen LogP contribution in [0, 0.1) is 5.82 Å². The molecule has 4 nitrogen and oxygen atoms in total. The van der Waals surface area contributed by atoms with Crippen molar-refractivity contribution in [3.63, 3.8) is 0 Å². The van der Waals surface area contributed by atoms with Gasteiger partial charge in [-0.15, -0.1) is 0 Å². The molecule has 4 rings (SSSR count). The van der Waals surface area contributed by atoms with Crippen molar-refractivity contribution in [3.05, 3.63) is 68.9 Å². The van der Waals surface area contributed by atoms with Crippen LogP contribution >= 0.6 is 0 Å². The summed E-state index contributed by atoms with van der Waals surface area (Å²) in [5, 5.41) is 0. The molecule has 0 radical (unpaired) electrons. The largest absolute Gasteiger partial charge is 0.331 e. The number of carbonyl (C=O) groups excluding carboxylic acids is 1. The predicted molar refractivity (Wildman–Crippen MR) is 93.1 cm³/mol. The Balaban J connectivity index is 1.69. The fourth-order valence-corrected chi connectivity index (χ4v) is 4.06. The van der Waals surface area contributed by atoms with Gasteiger partial charge >= 0.3 is 0 Å². The molecule has 0 bridgehead atoms. The number of rotatable bonds is 2. The van der Waals surface area contributed by atoms with Gasteiger partial charge in [-0.1, -0.05) is 12.1 Å². The minimum atomic E-state index is -0.311. The summed E-state index contributed by atoms with van der Waals surface area (Å²) in [6.07, 6.45) is 5.47. The molecule has 130 valence electrons. The maximum atomic E-state index is 13.6. The van der Waals surface area contributed by atoms with Crippen LogP contribution in [0.4, 0.5) is 4.39 Å². The lowest BCUT2D eigenvalue weighted by molar-refractivity contribution is 0.0609. The van der Waals surface area contributed by atoms with E-state index >= 15 is 0 Å². The summed E-state index contributed by atoms with van der Waals surface area (Å²) in [5.74, 6) is -0.546. The van der Waals surface area contributed by atoms with Gasteiger partial charge in [0.1, 0.15) is 11.4 Å². The van der Waals surface area contributed by atoms with Crippen molar-refractivity contribution in [1.82, 2.24) is 9.88 Å². The third-order valence-electron chi connectivity index (χ3n) is 5.32. The smallest absolute Gasteiger partial charge is 0.261 e. The van der Waals surface area contributed by atoms with E-state index in [0.717, 1.165) is 55.3 Å². The average Bonchev–Trinajstić information content (AvgIpc) is 3.07. The molecule has 0 saturated carbocycles. The second-order valence-corrected chi connectivity index (χ2v) is 6.93. The van der Waals surface area contributed by atoms with Gasteiger partial charge < -0.3 is 9.88 Å². The third-order valence-corrected chi connectivity index (χ3v) is 5.32. The van der Waals surface area contributed by atoms with E-state index in [-0.39, 0.29) is 28.9 Å². The molecule has 0 spiro atoms. The van der Waals surface area contributed by atoms with Crippen LogP contribution in [-0.2, 0) is 12.8 Å². The number of hydrogen-bond acceptors (Lipinski definition) is 2. The number of nitrogens with one attached hydrogen (secondary N) is 1. The first-order valence-corrected chi connectivity index (χ1v) is 8.95. The number of fused-ring (bicyclic) bond motifs is 1. The number of hydrogen-bond donors (Lipinski definition) is 1. The van der Waals surface area contributed by atoms with Crippen LogP contribution in [0.15, 0.2) is 35.1 Å². The molecular weight excluding hydrogens is 319 g/mol.